The topological polar surface area (TPSA) is 38.3 Å². The zero-order valence-electron chi connectivity index (χ0n) is 10.2. The lowest BCUT2D eigenvalue weighted by Gasteiger charge is -2.28. The van der Waals surface area contributed by atoms with Gasteiger partial charge in [0.2, 0.25) is 0 Å². The summed E-state index contributed by atoms with van der Waals surface area (Å²) in [5.41, 5.74) is 1.30. The van der Waals surface area contributed by atoms with Crippen LogP contribution in [-0.2, 0) is 9.53 Å². The number of ether oxygens (including phenoxy) is 1. The monoisotopic (exact) mass is 233 g/mol. The number of hydrogen-bond donors (Lipinski definition) is 1. The van der Waals surface area contributed by atoms with Crippen LogP contribution in [-0.4, -0.2) is 19.1 Å². The lowest BCUT2D eigenvalue weighted by Crippen LogP contribution is -2.37. The molecule has 2 rings (SSSR count). The SMILES string of the molecule is CCOC(=O)C1CC[C@H](c2ccccc2)NC1. The van der Waals surface area contributed by atoms with Crippen LogP contribution in [0, 0.1) is 5.92 Å². The minimum Gasteiger partial charge on any atom is -0.466 e. The van der Waals surface area contributed by atoms with E-state index >= 15 is 0 Å². The van der Waals surface area contributed by atoms with Crippen molar-refractivity contribution in [2.75, 3.05) is 13.2 Å². The summed E-state index contributed by atoms with van der Waals surface area (Å²) < 4.78 is 5.04. The molecule has 2 atom stereocenters. The summed E-state index contributed by atoms with van der Waals surface area (Å²) >= 11 is 0. The van der Waals surface area contributed by atoms with Crippen molar-refractivity contribution >= 4 is 5.97 Å². The van der Waals surface area contributed by atoms with Gasteiger partial charge in [-0.25, -0.2) is 0 Å². The fourth-order valence-electron chi connectivity index (χ4n) is 2.29. The maximum atomic E-state index is 11.6. The Bertz CT molecular complexity index is 356. The Morgan fingerprint density at radius 3 is 2.71 bits per heavy atom. The summed E-state index contributed by atoms with van der Waals surface area (Å²) in [6, 6.07) is 10.8. The smallest absolute Gasteiger partial charge is 0.310 e. The van der Waals surface area contributed by atoms with Crippen molar-refractivity contribution in [2.24, 2.45) is 5.92 Å². The molecular formula is C14H19NO2. The first-order valence-corrected chi connectivity index (χ1v) is 6.26. The van der Waals surface area contributed by atoms with Gasteiger partial charge in [0, 0.05) is 12.6 Å². The van der Waals surface area contributed by atoms with Crippen molar-refractivity contribution in [3.8, 4) is 0 Å². The van der Waals surface area contributed by atoms with Gasteiger partial charge in [0.15, 0.2) is 0 Å². The van der Waals surface area contributed by atoms with Crippen LogP contribution < -0.4 is 5.32 Å². The Kier molecular flexibility index (Phi) is 4.15. The molecule has 0 radical (unpaired) electrons. The first-order chi connectivity index (χ1) is 8.31. The third-order valence-corrected chi connectivity index (χ3v) is 3.24. The number of nitrogens with one attached hydrogen (secondary N) is 1. The van der Waals surface area contributed by atoms with Gasteiger partial charge in [0.25, 0.3) is 0 Å². The van der Waals surface area contributed by atoms with Gasteiger partial charge < -0.3 is 10.1 Å². The van der Waals surface area contributed by atoms with Crippen molar-refractivity contribution in [3.05, 3.63) is 35.9 Å². The number of esters is 1. The molecule has 92 valence electrons. The summed E-state index contributed by atoms with van der Waals surface area (Å²) in [6.45, 7) is 3.04. The molecule has 0 spiro atoms. The van der Waals surface area contributed by atoms with Crippen LogP contribution in [0.25, 0.3) is 0 Å². The van der Waals surface area contributed by atoms with Crippen LogP contribution in [0.4, 0.5) is 0 Å². The lowest BCUT2D eigenvalue weighted by atomic mass is 9.91. The van der Waals surface area contributed by atoms with Gasteiger partial charge in [-0.2, -0.15) is 0 Å². The molecule has 1 N–H and O–H groups in total. The molecule has 1 aromatic carbocycles. The highest BCUT2D eigenvalue weighted by Gasteiger charge is 2.27. The minimum absolute atomic E-state index is 0.0231. The largest absolute Gasteiger partial charge is 0.466 e. The van der Waals surface area contributed by atoms with Crippen molar-refractivity contribution < 1.29 is 9.53 Å². The van der Waals surface area contributed by atoms with Crippen LogP contribution >= 0.6 is 0 Å². The van der Waals surface area contributed by atoms with Crippen LogP contribution in [0.2, 0.25) is 0 Å². The normalized spacial score (nSPS) is 24.3. The number of rotatable bonds is 3. The van der Waals surface area contributed by atoms with Gasteiger partial charge >= 0.3 is 5.97 Å². The third-order valence-electron chi connectivity index (χ3n) is 3.24. The van der Waals surface area contributed by atoms with Crippen molar-refractivity contribution in [1.82, 2.24) is 5.32 Å². The second-order valence-electron chi connectivity index (χ2n) is 4.40. The summed E-state index contributed by atoms with van der Waals surface area (Å²) in [5.74, 6) is -0.0403. The fraction of sp³-hybridized carbons (Fsp3) is 0.500. The number of carbonyl (C=O) groups is 1. The average molecular weight is 233 g/mol. The predicted octanol–water partition coefficient (Wildman–Crippen LogP) is 2.29. The maximum absolute atomic E-state index is 11.6. The van der Waals surface area contributed by atoms with E-state index in [-0.39, 0.29) is 11.9 Å². The molecule has 0 aromatic heterocycles. The van der Waals surface area contributed by atoms with Crippen molar-refractivity contribution in [2.45, 2.75) is 25.8 Å². The first kappa shape index (κ1) is 12.1. The number of carbonyl (C=O) groups excluding carboxylic acids is 1. The Balaban J connectivity index is 1.88. The van der Waals surface area contributed by atoms with E-state index in [1.54, 1.807) is 0 Å². The molecule has 0 bridgehead atoms. The Hall–Kier alpha value is -1.35. The average Bonchev–Trinajstić information content (AvgIpc) is 2.40. The first-order valence-electron chi connectivity index (χ1n) is 6.26. The van der Waals surface area contributed by atoms with Crippen LogP contribution in [0.1, 0.15) is 31.4 Å². The minimum atomic E-state index is -0.0634. The molecule has 1 aliphatic rings. The summed E-state index contributed by atoms with van der Waals surface area (Å²) in [5, 5.41) is 3.42. The summed E-state index contributed by atoms with van der Waals surface area (Å²) in [4.78, 5) is 11.6. The van der Waals surface area contributed by atoms with Crippen molar-refractivity contribution in [1.29, 1.82) is 0 Å². The van der Waals surface area contributed by atoms with E-state index in [0.29, 0.717) is 12.6 Å². The van der Waals surface area contributed by atoms with E-state index in [1.165, 1.54) is 5.56 Å². The van der Waals surface area contributed by atoms with Gasteiger partial charge in [-0.15, -0.1) is 0 Å². The number of hydrogen-bond acceptors (Lipinski definition) is 3. The molecule has 1 aliphatic heterocycles. The van der Waals surface area contributed by atoms with Gasteiger partial charge in [-0.1, -0.05) is 30.3 Å². The van der Waals surface area contributed by atoms with Gasteiger partial charge in [-0.3, -0.25) is 4.79 Å². The molecule has 3 nitrogen and oxygen atoms in total. The highest BCUT2D eigenvalue weighted by atomic mass is 16.5. The van der Waals surface area contributed by atoms with E-state index < -0.39 is 0 Å². The van der Waals surface area contributed by atoms with Crippen LogP contribution in [0.15, 0.2) is 30.3 Å². The summed E-state index contributed by atoms with van der Waals surface area (Å²) in [7, 11) is 0. The fourth-order valence-corrected chi connectivity index (χ4v) is 2.29. The second-order valence-corrected chi connectivity index (χ2v) is 4.40. The number of piperidine rings is 1. The molecular weight excluding hydrogens is 214 g/mol. The maximum Gasteiger partial charge on any atom is 0.310 e. The van der Waals surface area contributed by atoms with E-state index in [4.69, 9.17) is 4.74 Å². The van der Waals surface area contributed by atoms with Gasteiger partial charge in [0.05, 0.1) is 12.5 Å². The molecule has 1 fully saturated rings. The highest BCUT2D eigenvalue weighted by molar-refractivity contribution is 5.72. The van der Waals surface area contributed by atoms with Crippen molar-refractivity contribution in [3.63, 3.8) is 0 Å². The summed E-state index contributed by atoms with van der Waals surface area (Å²) in [6.07, 6.45) is 1.90. The van der Waals surface area contributed by atoms with Crippen LogP contribution in [0.3, 0.4) is 0 Å². The molecule has 1 aromatic rings. The predicted molar refractivity (Wildman–Crippen MR) is 66.5 cm³/mol. The molecule has 17 heavy (non-hydrogen) atoms. The quantitative estimate of drug-likeness (QED) is 0.814. The zero-order valence-corrected chi connectivity index (χ0v) is 10.2. The van der Waals surface area contributed by atoms with Gasteiger partial charge in [-0.05, 0) is 25.3 Å². The molecule has 1 saturated heterocycles. The molecule has 0 amide bonds. The molecule has 1 heterocycles. The van der Waals surface area contributed by atoms with E-state index in [1.807, 2.05) is 13.0 Å². The highest BCUT2D eigenvalue weighted by Crippen LogP contribution is 2.26. The lowest BCUT2D eigenvalue weighted by molar-refractivity contribution is -0.148. The van der Waals surface area contributed by atoms with E-state index in [0.717, 1.165) is 19.4 Å². The molecule has 3 heteroatoms. The van der Waals surface area contributed by atoms with Gasteiger partial charge in [0.1, 0.15) is 0 Å². The Morgan fingerprint density at radius 1 is 1.35 bits per heavy atom. The van der Waals surface area contributed by atoms with E-state index in [9.17, 15) is 4.79 Å². The zero-order chi connectivity index (χ0) is 12.1. The molecule has 0 aliphatic carbocycles. The second kappa shape index (κ2) is 5.82. The number of benzene rings is 1. The molecule has 1 unspecified atom stereocenters. The Labute approximate surface area is 102 Å². The van der Waals surface area contributed by atoms with E-state index in [2.05, 4.69) is 29.6 Å². The third kappa shape index (κ3) is 3.07. The standard InChI is InChI=1S/C14H19NO2/c1-2-17-14(16)12-8-9-13(15-10-12)11-6-4-3-5-7-11/h3-7,12-13,15H,2,8-10H2,1H3/t12?,13-/m1/s1. The Morgan fingerprint density at radius 2 is 2.12 bits per heavy atom. The molecule has 0 saturated carbocycles. The van der Waals surface area contributed by atoms with Crippen LogP contribution in [0.5, 0.6) is 0 Å².